The monoisotopic (exact) mass is 296 g/mol. The number of imide groups is 1. The van der Waals surface area contributed by atoms with E-state index >= 15 is 0 Å². The van der Waals surface area contributed by atoms with Gasteiger partial charge in [0.1, 0.15) is 11.5 Å². The smallest absolute Gasteiger partial charge is 0.303 e. The van der Waals surface area contributed by atoms with E-state index in [0.29, 0.717) is 0 Å². The molecule has 1 N–H and O–H groups in total. The summed E-state index contributed by atoms with van der Waals surface area (Å²) in [6, 6.07) is 7.27. The zero-order valence-corrected chi connectivity index (χ0v) is 12.6. The van der Waals surface area contributed by atoms with Gasteiger partial charge in [-0.1, -0.05) is 6.07 Å². The summed E-state index contributed by atoms with van der Waals surface area (Å²) in [6.07, 6.45) is 3.44. The molecule has 1 aliphatic rings. The van der Waals surface area contributed by atoms with Crippen molar-refractivity contribution in [3.8, 4) is 5.82 Å². The molecule has 3 rings (SSSR count). The summed E-state index contributed by atoms with van der Waals surface area (Å²) in [6.45, 7) is 3.93. The molecule has 2 aromatic heterocycles. The van der Waals surface area contributed by atoms with Gasteiger partial charge in [-0.2, -0.15) is 0 Å². The molecule has 22 heavy (non-hydrogen) atoms. The molecule has 0 bridgehead atoms. The van der Waals surface area contributed by atoms with Crippen LogP contribution in [0.25, 0.3) is 11.9 Å². The molecule has 1 aliphatic heterocycles. The van der Waals surface area contributed by atoms with Crippen LogP contribution in [0.3, 0.4) is 0 Å². The maximum absolute atomic E-state index is 11.9. The third-order valence-corrected chi connectivity index (χ3v) is 3.73. The Kier molecular flexibility index (Phi) is 3.29. The van der Waals surface area contributed by atoms with Crippen LogP contribution < -0.4 is 5.32 Å². The molecule has 2 aromatic rings. The van der Waals surface area contributed by atoms with Crippen molar-refractivity contribution in [3.05, 3.63) is 53.1 Å². The fraction of sp³-hybridized carbons (Fsp3) is 0.188. The summed E-state index contributed by atoms with van der Waals surface area (Å²) in [4.78, 5) is 28.9. The van der Waals surface area contributed by atoms with Crippen molar-refractivity contribution in [2.24, 2.45) is 0 Å². The van der Waals surface area contributed by atoms with E-state index in [1.165, 1.54) is 7.05 Å². The topological polar surface area (TPSA) is 67.2 Å². The molecule has 3 amide bonds. The number of carbonyl (C=O) groups is 2. The van der Waals surface area contributed by atoms with Gasteiger partial charge in [0.25, 0.3) is 5.91 Å². The van der Waals surface area contributed by atoms with E-state index in [4.69, 9.17) is 0 Å². The molecule has 1 fully saturated rings. The van der Waals surface area contributed by atoms with E-state index in [-0.39, 0.29) is 11.6 Å². The Morgan fingerprint density at radius 2 is 2.00 bits per heavy atom. The van der Waals surface area contributed by atoms with E-state index in [2.05, 4.69) is 10.3 Å². The zero-order chi connectivity index (χ0) is 15.9. The highest BCUT2D eigenvalue weighted by atomic mass is 16.2. The molecule has 3 heterocycles. The number of nitrogens with zero attached hydrogens (tertiary/aromatic N) is 3. The summed E-state index contributed by atoms with van der Waals surface area (Å²) < 4.78 is 2.01. The van der Waals surface area contributed by atoms with E-state index in [0.717, 1.165) is 27.7 Å². The Labute approximate surface area is 128 Å². The van der Waals surface area contributed by atoms with Crippen LogP contribution in [0.5, 0.6) is 0 Å². The van der Waals surface area contributed by atoms with E-state index < -0.39 is 6.03 Å². The first kappa shape index (κ1) is 14.1. The van der Waals surface area contributed by atoms with Gasteiger partial charge in [-0.3, -0.25) is 9.69 Å². The minimum atomic E-state index is -0.408. The molecule has 112 valence electrons. The molecule has 0 radical (unpaired) electrons. The number of likely N-dealkylation sites (N-methyl/N-ethyl adjacent to an activating group) is 1. The molecule has 0 aromatic carbocycles. The van der Waals surface area contributed by atoms with Crippen molar-refractivity contribution < 1.29 is 9.59 Å². The highest BCUT2D eigenvalue weighted by molar-refractivity contribution is 6.13. The number of aryl methyl sites for hydroxylation is 1. The normalized spacial score (nSPS) is 16.5. The zero-order valence-electron chi connectivity index (χ0n) is 12.6. The van der Waals surface area contributed by atoms with Crippen LogP contribution in [0.4, 0.5) is 4.79 Å². The second kappa shape index (κ2) is 5.14. The molecule has 0 unspecified atom stereocenters. The van der Waals surface area contributed by atoms with Crippen molar-refractivity contribution in [1.82, 2.24) is 19.8 Å². The van der Waals surface area contributed by atoms with Gasteiger partial charge in [0.2, 0.25) is 0 Å². The van der Waals surface area contributed by atoms with Gasteiger partial charge in [-0.25, -0.2) is 9.78 Å². The fourth-order valence-electron chi connectivity index (χ4n) is 2.55. The third kappa shape index (κ3) is 2.18. The molecule has 0 atom stereocenters. The van der Waals surface area contributed by atoms with Gasteiger partial charge in [0.15, 0.2) is 0 Å². The van der Waals surface area contributed by atoms with Gasteiger partial charge in [0.05, 0.1) is 0 Å². The number of hydrogen-bond acceptors (Lipinski definition) is 3. The van der Waals surface area contributed by atoms with Crippen LogP contribution in [-0.4, -0.2) is 33.4 Å². The lowest BCUT2D eigenvalue weighted by Crippen LogP contribution is -2.25. The van der Waals surface area contributed by atoms with Crippen molar-refractivity contribution in [2.75, 3.05) is 7.05 Å². The van der Waals surface area contributed by atoms with Crippen LogP contribution in [0.2, 0.25) is 0 Å². The number of urea groups is 1. The van der Waals surface area contributed by atoms with Gasteiger partial charge < -0.3 is 9.88 Å². The number of aromatic nitrogens is 2. The highest BCUT2D eigenvalue weighted by Gasteiger charge is 2.30. The Morgan fingerprint density at radius 3 is 2.59 bits per heavy atom. The molecular weight excluding hydrogens is 280 g/mol. The lowest BCUT2D eigenvalue weighted by atomic mass is 10.2. The van der Waals surface area contributed by atoms with Gasteiger partial charge in [0, 0.05) is 24.6 Å². The predicted molar refractivity (Wildman–Crippen MR) is 82.3 cm³/mol. The number of hydrogen-bond donors (Lipinski definition) is 1. The van der Waals surface area contributed by atoms with E-state index in [9.17, 15) is 9.59 Å². The van der Waals surface area contributed by atoms with Gasteiger partial charge >= 0.3 is 6.03 Å². The standard InChI is InChI=1S/C16H16N4O2/c1-10-8-12(9-13-15(21)19(3)16(22)18-13)11(2)20(10)14-6-4-5-7-17-14/h4-9H,1-3H3,(H,18,22)/b13-9+. The molecule has 6 heteroatoms. The third-order valence-electron chi connectivity index (χ3n) is 3.73. The maximum atomic E-state index is 11.9. The first-order valence-corrected chi connectivity index (χ1v) is 6.90. The molecule has 6 nitrogen and oxygen atoms in total. The van der Waals surface area contributed by atoms with Crippen molar-refractivity contribution in [1.29, 1.82) is 0 Å². The van der Waals surface area contributed by atoms with Crippen LogP contribution in [0, 0.1) is 13.8 Å². The van der Waals surface area contributed by atoms with Crippen molar-refractivity contribution in [2.45, 2.75) is 13.8 Å². The predicted octanol–water partition coefficient (Wildman–Crippen LogP) is 2.01. The summed E-state index contributed by atoms with van der Waals surface area (Å²) in [5.41, 5.74) is 3.13. The number of pyridine rings is 1. The van der Waals surface area contributed by atoms with Crippen LogP contribution in [-0.2, 0) is 4.79 Å². The number of nitrogens with one attached hydrogen (secondary N) is 1. The summed E-state index contributed by atoms with van der Waals surface area (Å²) in [7, 11) is 1.45. The first-order chi connectivity index (χ1) is 10.5. The van der Waals surface area contributed by atoms with Crippen molar-refractivity contribution >= 4 is 18.0 Å². The summed E-state index contributed by atoms with van der Waals surface area (Å²) in [5.74, 6) is 0.494. The second-order valence-corrected chi connectivity index (χ2v) is 5.20. The SMILES string of the molecule is Cc1cc(/C=C2/NC(=O)N(C)C2=O)c(C)n1-c1ccccn1. The molecule has 0 aliphatic carbocycles. The summed E-state index contributed by atoms with van der Waals surface area (Å²) in [5, 5.41) is 2.57. The largest absolute Gasteiger partial charge is 0.328 e. The Balaban J connectivity index is 2.05. The van der Waals surface area contributed by atoms with Crippen LogP contribution in [0.15, 0.2) is 36.2 Å². The number of carbonyl (C=O) groups excluding carboxylic acids is 2. The Bertz CT molecular complexity index is 790. The quantitative estimate of drug-likeness (QED) is 0.681. The maximum Gasteiger partial charge on any atom is 0.328 e. The Hall–Kier alpha value is -2.89. The first-order valence-electron chi connectivity index (χ1n) is 6.90. The number of amides is 3. The second-order valence-electron chi connectivity index (χ2n) is 5.20. The van der Waals surface area contributed by atoms with E-state index in [1.807, 2.05) is 42.7 Å². The Morgan fingerprint density at radius 1 is 1.23 bits per heavy atom. The molecule has 0 saturated carbocycles. The van der Waals surface area contributed by atoms with Crippen LogP contribution in [0.1, 0.15) is 17.0 Å². The van der Waals surface area contributed by atoms with Gasteiger partial charge in [-0.15, -0.1) is 0 Å². The average Bonchev–Trinajstić information content (AvgIpc) is 2.92. The lowest BCUT2D eigenvalue weighted by Gasteiger charge is -2.07. The van der Waals surface area contributed by atoms with Crippen molar-refractivity contribution in [3.63, 3.8) is 0 Å². The fourth-order valence-corrected chi connectivity index (χ4v) is 2.55. The minimum absolute atomic E-state index is 0.286. The van der Waals surface area contributed by atoms with E-state index in [1.54, 1.807) is 12.3 Å². The summed E-state index contributed by atoms with van der Waals surface area (Å²) >= 11 is 0. The minimum Gasteiger partial charge on any atom is -0.303 e. The number of rotatable bonds is 2. The lowest BCUT2D eigenvalue weighted by molar-refractivity contribution is -0.121. The van der Waals surface area contributed by atoms with Gasteiger partial charge in [-0.05, 0) is 43.7 Å². The molecule has 1 saturated heterocycles. The average molecular weight is 296 g/mol. The molecule has 0 spiro atoms. The molecular formula is C16H16N4O2. The highest BCUT2D eigenvalue weighted by Crippen LogP contribution is 2.22. The van der Waals surface area contributed by atoms with Crippen LogP contribution >= 0.6 is 0 Å².